The molecule has 0 radical (unpaired) electrons. The van der Waals surface area contributed by atoms with Crippen molar-refractivity contribution in [2.24, 2.45) is 0 Å². The fourth-order valence-corrected chi connectivity index (χ4v) is 1.68. The molecule has 8 nitrogen and oxygen atoms in total. The van der Waals surface area contributed by atoms with E-state index in [0.29, 0.717) is 5.69 Å². The van der Waals surface area contributed by atoms with Crippen LogP contribution in [0.1, 0.15) is 22.8 Å². The van der Waals surface area contributed by atoms with E-state index in [2.05, 4.69) is 10.1 Å². The van der Waals surface area contributed by atoms with Gasteiger partial charge in [0.1, 0.15) is 11.6 Å². The zero-order valence-electron chi connectivity index (χ0n) is 11.2. The molecule has 0 fully saturated rings. The van der Waals surface area contributed by atoms with Gasteiger partial charge in [0, 0.05) is 11.3 Å². The molecule has 0 aliphatic rings. The molecule has 2 N–H and O–H groups in total. The maximum Gasteiger partial charge on any atom is 0.344 e. The van der Waals surface area contributed by atoms with E-state index in [9.17, 15) is 19.7 Å². The molecule has 0 amide bonds. The average Bonchev–Trinajstić information content (AvgIpc) is 2.36. The van der Waals surface area contributed by atoms with E-state index in [4.69, 9.17) is 5.11 Å². The van der Waals surface area contributed by atoms with Crippen LogP contribution in [0.5, 0.6) is 0 Å². The van der Waals surface area contributed by atoms with Crippen molar-refractivity contribution in [1.29, 1.82) is 0 Å². The highest BCUT2D eigenvalue weighted by atomic mass is 16.6. The standard InChI is InChI=1S/C12H14N2O6/c1-6-4-8(13-7(2)11(15)16)5-9(12(17)20-3)10(6)14(18)19/h4-5,7,13H,1-3H3,(H,15,16)/t7-/m0/s1. The molecule has 8 heteroatoms. The Labute approximate surface area is 114 Å². The lowest BCUT2D eigenvalue weighted by Crippen LogP contribution is -2.25. The van der Waals surface area contributed by atoms with Crippen LogP contribution >= 0.6 is 0 Å². The zero-order chi connectivity index (χ0) is 15.4. The molecule has 0 aromatic heterocycles. The van der Waals surface area contributed by atoms with Gasteiger partial charge in [0.25, 0.3) is 5.69 Å². The molecule has 0 saturated carbocycles. The van der Waals surface area contributed by atoms with Crippen LogP contribution in [0, 0.1) is 17.0 Å². The first kappa shape index (κ1) is 15.4. The summed E-state index contributed by atoms with van der Waals surface area (Å²) in [4.78, 5) is 32.7. The Morgan fingerprint density at radius 2 is 2.05 bits per heavy atom. The van der Waals surface area contributed by atoms with Crippen LogP contribution in [0.15, 0.2) is 12.1 Å². The number of benzene rings is 1. The second kappa shape index (κ2) is 6.00. The summed E-state index contributed by atoms with van der Waals surface area (Å²) in [6.07, 6.45) is 0. The maximum absolute atomic E-state index is 11.6. The van der Waals surface area contributed by atoms with Crippen molar-refractivity contribution in [2.75, 3.05) is 12.4 Å². The van der Waals surface area contributed by atoms with E-state index in [1.54, 1.807) is 0 Å². The molecule has 0 aliphatic carbocycles. The average molecular weight is 282 g/mol. The van der Waals surface area contributed by atoms with Gasteiger partial charge in [0.2, 0.25) is 0 Å². The Balaban J connectivity index is 3.32. The summed E-state index contributed by atoms with van der Waals surface area (Å²) in [5.41, 5.74) is -0.0515. The Bertz CT molecular complexity index is 569. The van der Waals surface area contributed by atoms with Crippen molar-refractivity contribution in [3.05, 3.63) is 33.4 Å². The highest BCUT2D eigenvalue weighted by molar-refractivity contribution is 5.96. The molecular formula is C12H14N2O6. The number of nitro benzene ring substituents is 1. The SMILES string of the molecule is COC(=O)c1cc(N[C@@H](C)C(=O)O)cc(C)c1[N+](=O)[O-]. The first-order valence-corrected chi connectivity index (χ1v) is 5.64. The third-order valence-electron chi connectivity index (χ3n) is 2.64. The highest BCUT2D eigenvalue weighted by Crippen LogP contribution is 2.28. The van der Waals surface area contributed by atoms with E-state index in [1.165, 1.54) is 26.0 Å². The Kier molecular flexibility index (Phi) is 4.63. The van der Waals surface area contributed by atoms with Gasteiger partial charge in [0.05, 0.1) is 12.0 Å². The fraction of sp³-hybridized carbons (Fsp3) is 0.333. The quantitative estimate of drug-likeness (QED) is 0.478. The molecule has 1 rings (SSSR count). The molecule has 0 heterocycles. The number of methoxy groups -OCH3 is 1. The van der Waals surface area contributed by atoms with Crippen LogP contribution in [0.25, 0.3) is 0 Å². The number of nitro groups is 1. The smallest absolute Gasteiger partial charge is 0.344 e. The monoisotopic (exact) mass is 282 g/mol. The van der Waals surface area contributed by atoms with Crippen LogP contribution in [-0.4, -0.2) is 35.1 Å². The minimum absolute atomic E-state index is 0.224. The summed E-state index contributed by atoms with van der Waals surface area (Å²) < 4.78 is 4.50. The molecule has 1 aromatic rings. The summed E-state index contributed by atoms with van der Waals surface area (Å²) in [6, 6.07) is 1.71. The van der Waals surface area contributed by atoms with Gasteiger partial charge in [-0.2, -0.15) is 0 Å². The lowest BCUT2D eigenvalue weighted by atomic mass is 10.1. The van der Waals surface area contributed by atoms with Gasteiger partial charge in [-0.25, -0.2) is 4.79 Å². The first-order chi connectivity index (χ1) is 9.27. The molecular weight excluding hydrogens is 268 g/mol. The van der Waals surface area contributed by atoms with Gasteiger partial charge in [-0.1, -0.05) is 0 Å². The Morgan fingerprint density at radius 3 is 2.50 bits per heavy atom. The second-order valence-corrected chi connectivity index (χ2v) is 4.14. The summed E-state index contributed by atoms with van der Waals surface area (Å²) >= 11 is 0. The van der Waals surface area contributed by atoms with Crippen LogP contribution in [-0.2, 0) is 9.53 Å². The molecule has 1 atom stereocenters. The van der Waals surface area contributed by atoms with E-state index < -0.39 is 22.9 Å². The van der Waals surface area contributed by atoms with Crippen molar-refractivity contribution in [3.63, 3.8) is 0 Å². The van der Waals surface area contributed by atoms with Crippen molar-refractivity contribution < 1.29 is 24.4 Å². The number of rotatable bonds is 5. The van der Waals surface area contributed by atoms with Crippen molar-refractivity contribution in [1.82, 2.24) is 0 Å². The number of carbonyl (C=O) groups is 2. The summed E-state index contributed by atoms with van der Waals surface area (Å²) in [5.74, 6) is -1.94. The largest absolute Gasteiger partial charge is 0.480 e. The maximum atomic E-state index is 11.6. The lowest BCUT2D eigenvalue weighted by molar-refractivity contribution is -0.385. The number of hydrogen-bond acceptors (Lipinski definition) is 6. The molecule has 20 heavy (non-hydrogen) atoms. The number of aryl methyl sites for hydroxylation is 1. The fourth-order valence-electron chi connectivity index (χ4n) is 1.68. The van der Waals surface area contributed by atoms with Crippen LogP contribution in [0.3, 0.4) is 0 Å². The number of hydrogen-bond donors (Lipinski definition) is 2. The lowest BCUT2D eigenvalue weighted by Gasteiger charge is -2.13. The van der Waals surface area contributed by atoms with E-state index in [-0.39, 0.29) is 16.8 Å². The zero-order valence-corrected chi connectivity index (χ0v) is 11.2. The topological polar surface area (TPSA) is 119 Å². The van der Waals surface area contributed by atoms with E-state index in [1.807, 2.05) is 0 Å². The number of nitrogens with zero attached hydrogens (tertiary/aromatic N) is 1. The number of nitrogens with one attached hydrogen (secondary N) is 1. The van der Waals surface area contributed by atoms with E-state index in [0.717, 1.165) is 7.11 Å². The van der Waals surface area contributed by atoms with Gasteiger partial charge in [-0.15, -0.1) is 0 Å². The number of carboxylic acids is 1. The van der Waals surface area contributed by atoms with Crippen molar-refractivity contribution in [2.45, 2.75) is 19.9 Å². The number of carbonyl (C=O) groups excluding carboxylic acids is 1. The predicted molar refractivity (Wildman–Crippen MR) is 69.9 cm³/mol. The molecule has 0 unspecified atom stereocenters. The molecule has 0 bridgehead atoms. The first-order valence-electron chi connectivity index (χ1n) is 5.64. The summed E-state index contributed by atoms with van der Waals surface area (Å²) in [5, 5.41) is 22.4. The number of esters is 1. The predicted octanol–water partition coefficient (Wildman–Crippen LogP) is 1.57. The van der Waals surface area contributed by atoms with E-state index >= 15 is 0 Å². The van der Waals surface area contributed by atoms with Gasteiger partial charge in [-0.05, 0) is 26.0 Å². The molecule has 0 spiro atoms. The number of ether oxygens (including phenoxy) is 1. The number of carboxylic acid groups (broad SMARTS) is 1. The highest BCUT2D eigenvalue weighted by Gasteiger charge is 2.25. The van der Waals surface area contributed by atoms with Crippen LogP contribution < -0.4 is 5.32 Å². The molecule has 0 aliphatic heterocycles. The minimum atomic E-state index is -1.08. The number of anilines is 1. The van der Waals surface area contributed by atoms with Gasteiger partial charge < -0.3 is 15.2 Å². The van der Waals surface area contributed by atoms with Crippen molar-refractivity contribution >= 4 is 23.3 Å². The Hall–Kier alpha value is -2.64. The summed E-state index contributed by atoms with van der Waals surface area (Å²) in [6.45, 7) is 2.87. The van der Waals surface area contributed by atoms with Gasteiger partial charge in [-0.3, -0.25) is 14.9 Å². The van der Waals surface area contributed by atoms with Gasteiger partial charge in [0.15, 0.2) is 0 Å². The third-order valence-corrected chi connectivity index (χ3v) is 2.64. The molecule has 108 valence electrons. The second-order valence-electron chi connectivity index (χ2n) is 4.14. The summed E-state index contributed by atoms with van der Waals surface area (Å²) in [7, 11) is 1.11. The minimum Gasteiger partial charge on any atom is -0.480 e. The van der Waals surface area contributed by atoms with Crippen molar-refractivity contribution in [3.8, 4) is 0 Å². The molecule has 1 aromatic carbocycles. The molecule has 0 saturated heterocycles. The third kappa shape index (κ3) is 3.22. The van der Waals surface area contributed by atoms with Crippen LogP contribution in [0.4, 0.5) is 11.4 Å². The normalized spacial score (nSPS) is 11.6. The number of aliphatic carboxylic acids is 1. The van der Waals surface area contributed by atoms with Gasteiger partial charge >= 0.3 is 11.9 Å². The Morgan fingerprint density at radius 1 is 1.45 bits per heavy atom. The van der Waals surface area contributed by atoms with Crippen LogP contribution in [0.2, 0.25) is 0 Å².